The molecule has 1 saturated carbocycles. The Kier molecular flexibility index (Phi) is 7.25. The van der Waals surface area contributed by atoms with Crippen molar-refractivity contribution in [2.45, 2.75) is 64.7 Å². The quantitative estimate of drug-likeness (QED) is 0.233. The monoisotopic (exact) mass is 417 g/mol. The normalized spacial score (nSPS) is 38.3. The molecule has 0 radical (unpaired) electrons. The van der Waals surface area contributed by atoms with Gasteiger partial charge in [0.05, 0.1) is 26.7 Å². The van der Waals surface area contributed by atoms with E-state index < -0.39 is 0 Å². The molecule has 4 unspecified atom stereocenters. The summed E-state index contributed by atoms with van der Waals surface area (Å²) in [4.78, 5) is 0. The zero-order chi connectivity index (χ0) is 14.7. The largest absolute Gasteiger partial charge is 1.00 e. The first-order valence-corrected chi connectivity index (χ1v) is 9.74. The van der Waals surface area contributed by atoms with Crippen molar-refractivity contribution in [3.05, 3.63) is 12.2 Å². The van der Waals surface area contributed by atoms with Crippen LogP contribution in [0.15, 0.2) is 12.2 Å². The van der Waals surface area contributed by atoms with Crippen LogP contribution < -0.4 is 24.0 Å². The number of hydrogen-bond donors (Lipinski definition) is 0. The Morgan fingerprint density at radius 1 is 0.818 bits per heavy atom. The lowest BCUT2D eigenvalue weighted by molar-refractivity contribution is -0.901. The molecule has 0 N–H and O–H groups in total. The lowest BCUT2D eigenvalue weighted by Gasteiger charge is -2.31. The SMILES string of the molecule is CCCCCCCCCC[N+]1(C)CC2C3C=CC(C3)C2C1.[I-]. The van der Waals surface area contributed by atoms with Gasteiger partial charge < -0.3 is 28.5 Å². The molecule has 0 aromatic rings. The topological polar surface area (TPSA) is 0 Å². The van der Waals surface area contributed by atoms with Gasteiger partial charge in [0.15, 0.2) is 0 Å². The van der Waals surface area contributed by atoms with Gasteiger partial charge in [-0.2, -0.15) is 0 Å². The summed E-state index contributed by atoms with van der Waals surface area (Å²) in [7, 11) is 2.54. The van der Waals surface area contributed by atoms with Crippen molar-refractivity contribution in [2.75, 3.05) is 26.7 Å². The number of halogens is 1. The Hall–Kier alpha value is 0.430. The van der Waals surface area contributed by atoms with Crippen molar-refractivity contribution < 1.29 is 28.5 Å². The van der Waals surface area contributed by atoms with Crippen molar-refractivity contribution in [3.63, 3.8) is 0 Å². The first kappa shape index (κ1) is 18.8. The number of hydrogen-bond acceptors (Lipinski definition) is 0. The van der Waals surface area contributed by atoms with E-state index >= 15 is 0 Å². The highest BCUT2D eigenvalue weighted by atomic mass is 127. The molecule has 3 rings (SSSR count). The van der Waals surface area contributed by atoms with Gasteiger partial charge in [0.2, 0.25) is 0 Å². The van der Waals surface area contributed by atoms with Crippen molar-refractivity contribution in [1.82, 2.24) is 0 Å². The molecule has 1 nitrogen and oxygen atoms in total. The van der Waals surface area contributed by atoms with Gasteiger partial charge in [-0.1, -0.05) is 57.6 Å². The minimum absolute atomic E-state index is 0. The van der Waals surface area contributed by atoms with Crippen LogP contribution in [0.3, 0.4) is 0 Å². The van der Waals surface area contributed by atoms with Gasteiger partial charge in [0.1, 0.15) is 0 Å². The fraction of sp³-hybridized carbons (Fsp3) is 0.900. The maximum atomic E-state index is 2.54. The summed E-state index contributed by atoms with van der Waals surface area (Å²) >= 11 is 0. The van der Waals surface area contributed by atoms with Crippen molar-refractivity contribution >= 4 is 0 Å². The van der Waals surface area contributed by atoms with Gasteiger partial charge in [-0.15, -0.1) is 0 Å². The molecule has 3 aliphatic rings. The molecule has 0 spiro atoms. The second-order valence-corrected chi connectivity index (χ2v) is 8.46. The minimum Gasteiger partial charge on any atom is -1.00 e. The van der Waals surface area contributed by atoms with Crippen molar-refractivity contribution in [1.29, 1.82) is 0 Å². The van der Waals surface area contributed by atoms with Crippen LogP contribution in [0.4, 0.5) is 0 Å². The van der Waals surface area contributed by atoms with Gasteiger partial charge in [0, 0.05) is 11.8 Å². The summed E-state index contributed by atoms with van der Waals surface area (Å²) in [5, 5.41) is 0. The van der Waals surface area contributed by atoms with Crippen LogP contribution >= 0.6 is 0 Å². The molecule has 2 aliphatic carbocycles. The zero-order valence-electron chi connectivity index (χ0n) is 14.8. The molecular weight excluding hydrogens is 381 g/mol. The third kappa shape index (κ3) is 4.28. The van der Waals surface area contributed by atoms with E-state index in [-0.39, 0.29) is 24.0 Å². The molecule has 2 bridgehead atoms. The molecule has 0 amide bonds. The molecule has 1 saturated heterocycles. The molecule has 1 heterocycles. The number of fused-ring (bicyclic) bond motifs is 5. The predicted molar refractivity (Wildman–Crippen MR) is 91.1 cm³/mol. The average molecular weight is 417 g/mol. The fourth-order valence-corrected chi connectivity index (χ4v) is 5.47. The molecule has 128 valence electrons. The summed E-state index contributed by atoms with van der Waals surface area (Å²) in [6.07, 6.45) is 18.2. The number of unbranched alkanes of at least 4 members (excludes halogenated alkanes) is 7. The van der Waals surface area contributed by atoms with Crippen LogP contribution in [-0.4, -0.2) is 31.2 Å². The first-order chi connectivity index (χ1) is 10.2. The van der Waals surface area contributed by atoms with E-state index in [1.54, 1.807) is 0 Å². The minimum atomic E-state index is 0. The van der Waals surface area contributed by atoms with Crippen LogP contribution in [0.5, 0.6) is 0 Å². The van der Waals surface area contributed by atoms with Crippen LogP contribution in [0.2, 0.25) is 0 Å². The van der Waals surface area contributed by atoms with Crippen LogP contribution in [0.1, 0.15) is 64.7 Å². The van der Waals surface area contributed by atoms with E-state index in [1.165, 1.54) is 81.9 Å². The Labute approximate surface area is 155 Å². The van der Waals surface area contributed by atoms with Crippen LogP contribution in [0, 0.1) is 23.7 Å². The van der Waals surface area contributed by atoms with Crippen molar-refractivity contribution in [3.8, 4) is 0 Å². The van der Waals surface area contributed by atoms with E-state index in [0.29, 0.717) is 0 Å². The summed E-state index contributed by atoms with van der Waals surface area (Å²) in [6.45, 7) is 6.71. The van der Waals surface area contributed by atoms with Gasteiger partial charge in [0.25, 0.3) is 0 Å². The second kappa shape index (κ2) is 8.50. The first-order valence-electron chi connectivity index (χ1n) is 9.74. The summed E-state index contributed by atoms with van der Waals surface area (Å²) in [5.41, 5.74) is 0. The molecule has 1 aliphatic heterocycles. The standard InChI is InChI=1S/C20H36N.HI/c1-3-4-5-6-7-8-9-10-13-21(2)15-19-17-11-12-18(14-17)20(19)16-21;/h11-12,17-20H,3-10,13-16H2,1-2H3;1H/q+1;/p-1. The van der Waals surface area contributed by atoms with E-state index in [2.05, 4.69) is 26.1 Å². The fourth-order valence-electron chi connectivity index (χ4n) is 5.47. The summed E-state index contributed by atoms with van der Waals surface area (Å²) < 4.78 is 1.39. The highest BCUT2D eigenvalue weighted by molar-refractivity contribution is 5.14. The van der Waals surface area contributed by atoms with Gasteiger partial charge >= 0.3 is 0 Å². The molecule has 2 fully saturated rings. The lowest BCUT2D eigenvalue weighted by atomic mass is 9.86. The highest BCUT2D eigenvalue weighted by Gasteiger charge is 2.54. The number of allylic oxidation sites excluding steroid dienone is 2. The Morgan fingerprint density at radius 3 is 1.86 bits per heavy atom. The zero-order valence-corrected chi connectivity index (χ0v) is 16.9. The summed E-state index contributed by atoms with van der Waals surface area (Å²) in [5.74, 6) is 4.00. The average Bonchev–Trinajstić information content (AvgIpc) is 3.13. The number of likely N-dealkylation sites (tertiary alicyclic amines) is 1. The van der Waals surface area contributed by atoms with Gasteiger partial charge in [-0.05, 0) is 31.1 Å². The maximum Gasteiger partial charge on any atom is 0.0824 e. The number of quaternary nitrogens is 1. The molecule has 22 heavy (non-hydrogen) atoms. The predicted octanol–water partition coefficient (Wildman–Crippen LogP) is 2.03. The Bertz CT molecular complexity index is 345. The smallest absolute Gasteiger partial charge is 0.0824 e. The van der Waals surface area contributed by atoms with Crippen LogP contribution in [-0.2, 0) is 0 Å². The number of rotatable bonds is 9. The van der Waals surface area contributed by atoms with Crippen LogP contribution in [0.25, 0.3) is 0 Å². The van der Waals surface area contributed by atoms with E-state index in [9.17, 15) is 0 Å². The molecule has 2 heteroatoms. The van der Waals surface area contributed by atoms with E-state index in [4.69, 9.17) is 0 Å². The molecule has 0 aromatic heterocycles. The Morgan fingerprint density at radius 2 is 1.32 bits per heavy atom. The highest BCUT2D eigenvalue weighted by Crippen LogP contribution is 2.52. The lowest BCUT2D eigenvalue weighted by Crippen LogP contribution is -3.00. The van der Waals surface area contributed by atoms with E-state index in [0.717, 1.165) is 23.7 Å². The van der Waals surface area contributed by atoms with Crippen molar-refractivity contribution in [2.24, 2.45) is 23.7 Å². The summed E-state index contributed by atoms with van der Waals surface area (Å²) in [6, 6.07) is 0. The molecule has 4 atom stereocenters. The van der Waals surface area contributed by atoms with Gasteiger partial charge in [-0.25, -0.2) is 0 Å². The molecular formula is C20H36IN. The number of nitrogens with zero attached hydrogens (tertiary/aromatic N) is 1. The van der Waals surface area contributed by atoms with E-state index in [1.807, 2.05) is 0 Å². The maximum absolute atomic E-state index is 2.54. The second-order valence-electron chi connectivity index (χ2n) is 8.46. The van der Waals surface area contributed by atoms with Gasteiger partial charge in [-0.3, -0.25) is 0 Å². The third-order valence-corrected chi connectivity index (χ3v) is 6.65. The molecule has 0 aromatic carbocycles. The Balaban J connectivity index is 0.00000176. The third-order valence-electron chi connectivity index (χ3n) is 6.65.